The molecular formula is C33H30F6O7. The number of rotatable bonds is 8. The molecule has 6 rings (SSSR count). The quantitative estimate of drug-likeness (QED) is 0.211. The molecule has 0 unspecified atom stereocenters. The monoisotopic (exact) mass is 652 g/mol. The molecule has 0 saturated carbocycles. The molecule has 0 bridgehead atoms. The fourth-order valence-electron chi connectivity index (χ4n) is 6.31. The van der Waals surface area contributed by atoms with E-state index in [9.17, 15) is 23.1 Å². The zero-order chi connectivity index (χ0) is 32.8. The van der Waals surface area contributed by atoms with Crippen molar-refractivity contribution in [3.8, 4) is 28.4 Å². The maximum Gasteiger partial charge on any atom is 0.417 e. The van der Waals surface area contributed by atoms with E-state index in [4.69, 9.17) is 23.7 Å². The lowest BCUT2D eigenvalue weighted by Crippen LogP contribution is -2.41. The Balaban J connectivity index is 1.31. The highest BCUT2D eigenvalue weighted by molar-refractivity contribution is 5.75. The first-order valence-electron chi connectivity index (χ1n) is 14.7. The van der Waals surface area contributed by atoms with Gasteiger partial charge in [-0.25, -0.2) is 13.2 Å². The first-order chi connectivity index (χ1) is 21.9. The van der Waals surface area contributed by atoms with Crippen molar-refractivity contribution in [1.29, 1.82) is 0 Å². The second-order valence-corrected chi connectivity index (χ2v) is 11.7. The molecule has 246 valence electrons. The van der Waals surface area contributed by atoms with Crippen LogP contribution in [0, 0.1) is 17.5 Å². The fourth-order valence-corrected chi connectivity index (χ4v) is 6.31. The Labute approximate surface area is 260 Å². The van der Waals surface area contributed by atoms with Crippen LogP contribution in [0.5, 0.6) is 17.2 Å². The van der Waals surface area contributed by atoms with Gasteiger partial charge in [0.1, 0.15) is 35.6 Å². The van der Waals surface area contributed by atoms with Crippen molar-refractivity contribution in [2.24, 2.45) is 0 Å². The van der Waals surface area contributed by atoms with E-state index >= 15 is 13.2 Å². The van der Waals surface area contributed by atoms with Crippen LogP contribution in [0.2, 0.25) is 0 Å². The zero-order valence-corrected chi connectivity index (χ0v) is 24.6. The molecule has 46 heavy (non-hydrogen) atoms. The lowest BCUT2D eigenvalue weighted by Gasteiger charge is -2.31. The molecule has 2 aliphatic heterocycles. The van der Waals surface area contributed by atoms with Crippen LogP contribution in [0.1, 0.15) is 60.0 Å². The summed E-state index contributed by atoms with van der Waals surface area (Å²) >= 11 is 0. The molecule has 1 fully saturated rings. The van der Waals surface area contributed by atoms with Gasteiger partial charge in [0.15, 0.2) is 17.4 Å². The Morgan fingerprint density at radius 1 is 1.04 bits per heavy atom. The molecule has 13 heteroatoms. The Hall–Kier alpha value is -3.97. The van der Waals surface area contributed by atoms with E-state index in [2.05, 4.69) is 0 Å². The van der Waals surface area contributed by atoms with Crippen molar-refractivity contribution in [2.45, 2.75) is 55.9 Å². The summed E-state index contributed by atoms with van der Waals surface area (Å²) in [5.74, 6) is -4.45. The minimum atomic E-state index is -5.04. The number of ether oxygens (including phenoxy) is 5. The minimum absolute atomic E-state index is 0.0601. The van der Waals surface area contributed by atoms with Gasteiger partial charge in [-0.05, 0) is 53.8 Å². The molecule has 3 aromatic rings. The van der Waals surface area contributed by atoms with Gasteiger partial charge in [0.05, 0.1) is 25.7 Å². The van der Waals surface area contributed by atoms with Gasteiger partial charge in [0, 0.05) is 49.2 Å². The predicted octanol–water partition coefficient (Wildman–Crippen LogP) is 6.82. The van der Waals surface area contributed by atoms with Gasteiger partial charge in [-0.2, -0.15) is 13.2 Å². The summed E-state index contributed by atoms with van der Waals surface area (Å²) in [5, 5.41) is 10.6. The summed E-state index contributed by atoms with van der Waals surface area (Å²) in [6.07, 6.45) is -5.53. The molecular weight excluding hydrogens is 622 g/mol. The summed E-state index contributed by atoms with van der Waals surface area (Å²) < 4.78 is 116. The Morgan fingerprint density at radius 2 is 1.76 bits per heavy atom. The maximum atomic E-state index is 15.4. The number of alkyl halides is 3. The van der Waals surface area contributed by atoms with Crippen LogP contribution < -0.4 is 14.2 Å². The van der Waals surface area contributed by atoms with E-state index < -0.39 is 70.3 Å². The van der Waals surface area contributed by atoms with Gasteiger partial charge in [-0.3, -0.25) is 4.79 Å². The standard InChI is InChI=1S/C33H30F6O7/c1-42-28(40)12-18-15-44-27-13-19(2-3-20(18)27)46-26-5-4-21-29(22(33(37,38)39)14-23(34)30(21)26)17-10-24(35)31(25(36)11-17)45-16-32(41)6-8-43-9-7-32/h2-3,10-11,13-14,18,26,41H,4-9,12,15-16H2,1H3/t18-,26-/m1/s1. The molecule has 1 aliphatic carbocycles. The smallest absolute Gasteiger partial charge is 0.417 e. The van der Waals surface area contributed by atoms with Gasteiger partial charge in [0.25, 0.3) is 0 Å². The third-order valence-electron chi connectivity index (χ3n) is 8.69. The van der Waals surface area contributed by atoms with Crippen LogP contribution in [0.4, 0.5) is 26.3 Å². The molecule has 7 nitrogen and oxygen atoms in total. The number of fused-ring (bicyclic) bond motifs is 2. The molecule has 3 aromatic carbocycles. The van der Waals surface area contributed by atoms with E-state index in [1.54, 1.807) is 18.2 Å². The first-order valence-corrected chi connectivity index (χ1v) is 14.7. The summed E-state index contributed by atoms with van der Waals surface area (Å²) in [5.41, 5.74) is -3.21. The highest BCUT2D eigenvalue weighted by atomic mass is 19.4. The van der Waals surface area contributed by atoms with E-state index in [0.717, 1.165) is 5.56 Å². The predicted molar refractivity (Wildman–Crippen MR) is 150 cm³/mol. The Kier molecular flexibility index (Phi) is 8.57. The lowest BCUT2D eigenvalue weighted by atomic mass is 9.90. The zero-order valence-electron chi connectivity index (χ0n) is 24.6. The normalized spacial score (nSPS) is 20.1. The van der Waals surface area contributed by atoms with Crippen LogP contribution in [0.15, 0.2) is 36.4 Å². The van der Waals surface area contributed by atoms with Gasteiger partial charge in [-0.15, -0.1) is 0 Å². The van der Waals surface area contributed by atoms with Crippen molar-refractivity contribution in [3.63, 3.8) is 0 Å². The largest absolute Gasteiger partial charge is 0.492 e. The van der Waals surface area contributed by atoms with Crippen LogP contribution in [0.25, 0.3) is 11.1 Å². The summed E-state index contributed by atoms with van der Waals surface area (Å²) in [7, 11) is 1.29. The number of carbonyl (C=O) groups is 1. The third kappa shape index (κ3) is 6.22. The number of aliphatic hydroxyl groups is 1. The van der Waals surface area contributed by atoms with Crippen molar-refractivity contribution < 1.29 is 59.9 Å². The Morgan fingerprint density at radius 3 is 2.43 bits per heavy atom. The number of halogens is 6. The highest BCUT2D eigenvalue weighted by Gasteiger charge is 2.41. The van der Waals surface area contributed by atoms with E-state index in [-0.39, 0.29) is 74.7 Å². The average Bonchev–Trinajstić information content (AvgIpc) is 3.60. The molecule has 3 aliphatic rings. The minimum Gasteiger partial charge on any atom is -0.492 e. The number of methoxy groups -OCH3 is 1. The van der Waals surface area contributed by atoms with E-state index in [0.29, 0.717) is 23.9 Å². The van der Waals surface area contributed by atoms with Gasteiger partial charge in [0.2, 0.25) is 0 Å². The van der Waals surface area contributed by atoms with Gasteiger partial charge in [-0.1, -0.05) is 6.07 Å². The third-order valence-corrected chi connectivity index (χ3v) is 8.69. The van der Waals surface area contributed by atoms with Crippen molar-refractivity contribution in [3.05, 3.63) is 76.1 Å². The summed E-state index contributed by atoms with van der Waals surface area (Å²) in [4.78, 5) is 11.7. The van der Waals surface area contributed by atoms with Crippen LogP contribution in [-0.2, 0) is 26.9 Å². The van der Waals surface area contributed by atoms with Gasteiger partial charge >= 0.3 is 12.1 Å². The molecule has 2 atom stereocenters. The topological polar surface area (TPSA) is 83.5 Å². The van der Waals surface area contributed by atoms with E-state index in [1.807, 2.05) is 0 Å². The van der Waals surface area contributed by atoms with Crippen LogP contribution in [0.3, 0.4) is 0 Å². The van der Waals surface area contributed by atoms with Crippen LogP contribution in [-0.4, -0.2) is 50.2 Å². The van der Waals surface area contributed by atoms with Crippen molar-refractivity contribution >= 4 is 5.97 Å². The molecule has 0 spiro atoms. The molecule has 0 radical (unpaired) electrons. The lowest BCUT2D eigenvalue weighted by molar-refractivity contribution is -0.141. The molecule has 1 N–H and O–H groups in total. The number of carbonyl (C=O) groups excluding carboxylic acids is 1. The second-order valence-electron chi connectivity index (χ2n) is 11.7. The molecule has 0 amide bonds. The van der Waals surface area contributed by atoms with Crippen molar-refractivity contribution in [1.82, 2.24) is 0 Å². The highest BCUT2D eigenvalue weighted by Crippen LogP contribution is 2.49. The summed E-state index contributed by atoms with van der Waals surface area (Å²) in [6.45, 7) is 0.275. The molecule has 1 saturated heterocycles. The molecule has 0 aromatic heterocycles. The Bertz CT molecular complexity index is 1630. The van der Waals surface area contributed by atoms with Gasteiger partial charge < -0.3 is 28.8 Å². The fraction of sp³-hybridized carbons (Fsp3) is 0.424. The van der Waals surface area contributed by atoms with Crippen LogP contribution >= 0.6 is 0 Å². The average molecular weight is 653 g/mol. The first kappa shape index (κ1) is 32.0. The number of esters is 1. The second kappa shape index (κ2) is 12.3. The number of hydrogen-bond donors (Lipinski definition) is 1. The molecule has 2 heterocycles. The maximum absolute atomic E-state index is 15.4. The van der Waals surface area contributed by atoms with Crippen molar-refractivity contribution in [2.75, 3.05) is 33.5 Å². The number of hydrogen-bond acceptors (Lipinski definition) is 7. The summed E-state index contributed by atoms with van der Waals surface area (Å²) in [6, 6.07) is 6.61. The number of benzene rings is 3. The SMILES string of the molecule is COC(=O)C[C@@H]1COc2cc(O[C@@H]3CCc4c(-c5cc(F)c(OCC6(O)CCOCC6)c(F)c5)c(C(F)(F)F)cc(F)c43)ccc21. The van der Waals surface area contributed by atoms with E-state index in [1.165, 1.54) is 7.11 Å².